The summed E-state index contributed by atoms with van der Waals surface area (Å²) in [6, 6.07) is 6.86. The van der Waals surface area contributed by atoms with Gasteiger partial charge in [-0.15, -0.1) is 0 Å². The number of carbonyl (C=O) groups excluding carboxylic acids is 1. The Morgan fingerprint density at radius 2 is 1.89 bits per heavy atom. The van der Waals surface area contributed by atoms with E-state index < -0.39 is 15.6 Å². The minimum Gasteiger partial charge on any atom is -0.494 e. The van der Waals surface area contributed by atoms with E-state index in [1.807, 2.05) is 0 Å². The Morgan fingerprint density at radius 1 is 1.28 bits per heavy atom. The summed E-state index contributed by atoms with van der Waals surface area (Å²) >= 11 is 0. The maximum absolute atomic E-state index is 11.4. The second-order valence-corrected chi connectivity index (χ2v) is 6.25. The van der Waals surface area contributed by atoms with Gasteiger partial charge in [0.15, 0.2) is 9.84 Å². The highest BCUT2D eigenvalue weighted by molar-refractivity contribution is 7.92. The molecule has 0 aliphatic carbocycles. The van der Waals surface area contributed by atoms with E-state index in [1.54, 1.807) is 24.3 Å². The summed E-state index contributed by atoms with van der Waals surface area (Å²) in [7, 11) is -3.29. The van der Waals surface area contributed by atoms with Crippen molar-refractivity contribution in [2.24, 2.45) is 0 Å². The van der Waals surface area contributed by atoms with Crippen LogP contribution in [0.1, 0.15) is 13.3 Å². The number of hydrogen-bond donors (Lipinski definition) is 1. The van der Waals surface area contributed by atoms with Gasteiger partial charge in [0.05, 0.1) is 12.4 Å². The Labute approximate surface area is 107 Å². The van der Waals surface area contributed by atoms with Gasteiger partial charge in [0, 0.05) is 5.69 Å². The van der Waals surface area contributed by atoms with E-state index >= 15 is 0 Å². The maximum atomic E-state index is 11.4. The van der Waals surface area contributed by atoms with Gasteiger partial charge in [0.25, 0.3) is 0 Å². The summed E-state index contributed by atoms with van der Waals surface area (Å²) in [5.41, 5.74) is 6.16. The van der Waals surface area contributed by atoms with Crippen LogP contribution in [0.2, 0.25) is 0 Å². The van der Waals surface area contributed by atoms with Crippen LogP contribution in [-0.2, 0) is 14.6 Å². The SMILES string of the molecule is CC(=O)CS(=O)(=O)CCCOc1ccc(N)cc1. The Hall–Kier alpha value is -1.56. The molecule has 0 heterocycles. The highest BCUT2D eigenvalue weighted by Crippen LogP contribution is 2.13. The summed E-state index contributed by atoms with van der Waals surface area (Å²) in [5.74, 6) is -0.126. The molecule has 1 aromatic rings. The normalized spacial score (nSPS) is 11.2. The monoisotopic (exact) mass is 271 g/mol. The van der Waals surface area contributed by atoms with Gasteiger partial charge in [0.2, 0.25) is 0 Å². The maximum Gasteiger partial charge on any atom is 0.157 e. The number of Topliss-reactive ketones (excluding diaryl/α,β-unsaturated/α-hetero) is 1. The molecule has 0 unspecified atom stereocenters. The molecule has 0 saturated carbocycles. The van der Waals surface area contributed by atoms with Crippen LogP contribution in [0, 0.1) is 0 Å². The van der Waals surface area contributed by atoms with Crippen LogP contribution in [0.15, 0.2) is 24.3 Å². The molecule has 0 aromatic heterocycles. The van der Waals surface area contributed by atoms with Crippen molar-refractivity contribution in [3.05, 3.63) is 24.3 Å². The number of nitrogens with two attached hydrogens (primary N) is 1. The molecule has 0 bridgehead atoms. The topological polar surface area (TPSA) is 86.5 Å². The average Bonchev–Trinajstić information content (AvgIpc) is 2.25. The van der Waals surface area contributed by atoms with Crippen LogP contribution in [-0.4, -0.2) is 32.3 Å². The fourth-order valence-electron chi connectivity index (χ4n) is 1.41. The van der Waals surface area contributed by atoms with Gasteiger partial charge in [-0.1, -0.05) is 0 Å². The fourth-order valence-corrected chi connectivity index (χ4v) is 2.74. The second-order valence-electron chi connectivity index (χ2n) is 4.07. The van der Waals surface area contributed by atoms with Gasteiger partial charge in [-0.2, -0.15) is 0 Å². The van der Waals surface area contributed by atoms with Crippen molar-refractivity contribution in [1.29, 1.82) is 0 Å². The Morgan fingerprint density at radius 3 is 2.44 bits per heavy atom. The zero-order valence-electron chi connectivity index (χ0n) is 10.3. The molecule has 0 radical (unpaired) electrons. The third kappa shape index (κ3) is 5.67. The van der Waals surface area contributed by atoms with Crippen LogP contribution in [0.5, 0.6) is 5.75 Å². The molecule has 1 rings (SSSR count). The molecule has 0 aliphatic rings. The first-order chi connectivity index (χ1) is 8.39. The van der Waals surface area contributed by atoms with Crippen molar-refractivity contribution < 1.29 is 17.9 Å². The Bertz CT molecular complexity index is 493. The van der Waals surface area contributed by atoms with E-state index in [0.717, 1.165) is 0 Å². The molecule has 6 heteroatoms. The number of sulfone groups is 1. The minimum atomic E-state index is -3.29. The first-order valence-electron chi connectivity index (χ1n) is 5.57. The molecule has 100 valence electrons. The molecule has 2 N–H and O–H groups in total. The zero-order chi connectivity index (χ0) is 13.6. The van der Waals surface area contributed by atoms with Gasteiger partial charge in [0.1, 0.15) is 17.3 Å². The molecule has 0 spiro atoms. The quantitative estimate of drug-likeness (QED) is 0.591. The summed E-state index contributed by atoms with van der Waals surface area (Å²) in [6.07, 6.45) is 0.361. The summed E-state index contributed by atoms with van der Waals surface area (Å²) < 4.78 is 28.2. The van der Waals surface area contributed by atoms with Crippen molar-refractivity contribution in [2.45, 2.75) is 13.3 Å². The first-order valence-corrected chi connectivity index (χ1v) is 7.39. The number of ketones is 1. The third-order valence-corrected chi connectivity index (χ3v) is 3.93. The minimum absolute atomic E-state index is 0.0401. The highest BCUT2D eigenvalue weighted by atomic mass is 32.2. The van der Waals surface area contributed by atoms with Crippen LogP contribution < -0.4 is 10.5 Å². The van der Waals surface area contributed by atoms with E-state index in [9.17, 15) is 13.2 Å². The number of carbonyl (C=O) groups is 1. The lowest BCUT2D eigenvalue weighted by Crippen LogP contribution is -2.18. The standard InChI is InChI=1S/C12H17NO4S/c1-10(14)9-18(15,16)8-2-7-17-12-5-3-11(13)4-6-12/h3-6H,2,7-9,13H2,1H3. The summed E-state index contributed by atoms with van der Waals surface area (Å²) in [4.78, 5) is 10.7. The third-order valence-electron chi connectivity index (χ3n) is 2.17. The van der Waals surface area contributed by atoms with Gasteiger partial charge >= 0.3 is 0 Å². The van der Waals surface area contributed by atoms with Crippen LogP contribution in [0.25, 0.3) is 0 Å². The Kier molecular flexibility index (Phi) is 5.15. The summed E-state index contributed by atoms with van der Waals surface area (Å²) in [6.45, 7) is 1.56. The van der Waals surface area contributed by atoms with Crippen molar-refractivity contribution in [2.75, 3.05) is 23.8 Å². The van der Waals surface area contributed by atoms with E-state index in [4.69, 9.17) is 10.5 Å². The number of hydrogen-bond acceptors (Lipinski definition) is 5. The van der Waals surface area contributed by atoms with E-state index in [0.29, 0.717) is 24.5 Å². The van der Waals surface area contributed by atoms with Crippen LogP contribution in [0.3, 0.4) is 0 Å². The number of anilines is 1. The molecule has 5 nitrogen and oxygen atoms in total. The molecule has 0 aliphatic heterocycles. The lowest BCUT2D eigenvalue weighted by molar-refractivity contribution is -0.114. The number of rotatable bonds is 7. The van der Waals surface area contributed by atoms with E-state index in [2.05, 4.69) is 0 Å². The fraction of sp³-hybridized carbons (Fsp3) is 0.417. The second kappa shape index (κ2) is 6.39. The highest BCUT2D eigenvalue weighted by Gasteiger charge is 2.13. The Balaban J connectivity index is 2.31. The average molecular weight is 271 g/mol. The first kappa shape index (κ1) is 14.5. The molecule has 0 saturated heterocycles. The lowest BCUT2D eigenvalue weighted by atomic mass is 10.3. The lowest BCUT2D eigenvalue weighted by Gasteiger charge is -2.06. The van der Waals surface area contributed by atoms with Gasteiger partial charge in [-0.05, 0) is 37.6 Å². The molecular weight excluding hydrogens is 254 g/mol. The smallest absolute Gasteiger partial charge is 0.157 e. The molecule has 0 atom stereocenters. The van der Waals surface area contributed by atoms with Crippen molar-refractivity contribution in [3.63, 3.8) is 0 Å². The number of benzene rings is 1. The predicted octanol–water partition coefficient (Wildman–Crippen LogP) is 1.04. The largest absolute Gasteiger partial charge is 0.494 e. The molecule has 0 fully saturated rings. The number of nitrogen functional groups attached to an aromatic ring is 1. The zero-order valence-corrected chi connectivity index (χ0v) is 11.1. The molecular formula is C12H17NO4S. The van der Waals surface area contributed by atoms with E-state index in [1.165, 1.54) is 6.92 Å². The van der Waals surface area contributed by atoms with Gasteiger partial charge < -0.3 is 10.5 Å². The van der Waals surface area contributed by atoms with Crippen molar-refractivity contribution >= 4 is 21.3 Å². The van der Waals surface area contributed by atoms with Crippen molar-refractivity contribution in [1.82, 2.24) is 0 Å². The van der Waals surface area contributed by atoms with E-state index in [-0.39, 0.29) is 11.5 Å². The summed E-state index contributed by atoms with van der Waals surface area (Å²) in [5, 5.41) is 0. The van der Waals surface area contributed by atoms with Gasteiger partial charge in [-0.25, -0.2) is 8.42 Å². The number of ether oxygens (including phenoxy) is 1. The molecule has 1 aromatic carbocycles. The molecule has 0 amide bonds. The van der Waals surface area contributed by atoms with Gasteiger partial charge in [-0.3, -0.25) is 4.79 Å². The van der Waals surface area contributed by atoms with Crippen LogP contribution in [0.4, 0.5) is 5.69 Å². The predicted molar refractivity (Wildman–Crippen MR) is 70.3 cm³/mol. The van der Waals surface area contributed by atoms with Crippen LogP contribution >= 0.6 is 0 Å². The molecule has 18 heavy (non-hydrogen) atoms. The van der Waals surface area contributed by atoms with Crippen molar-refractivity contribution in [3.8, 4) is 5.75 Å².